The molecule has 0 saturated carbocycles. The van der Waals surface area contributed by atoms with E-state index in [2.05, 4.69) is 50.9 Å². The number of tetrazole rings is 1. The summed E-state index contributed by atoms with van der Waals surface area (Å²) in [6.45, 7) is 3.89. The van der Waals surface area contributed by atoms with Crippen molar-refractivity contribution in [2.45, 2.75) is 38.5 Å². The second kappa shape index (κ2) is 8.71. The SMILES string of the molecule is Cc1cccc(CN2C[C@H](n3cnnn3)C[C@H]2C(=O)NCc2ccccc2Cl)c1. The lowest BCUT2D eigenvalue weighted by molar-refractivity contribution is -0.125. The minimum Gasteiger partial charge on any atom is -0.351 e. The fraction of sp³-hybridized carbons (Fsp3) is 0.333. The summed E-state index contributed by atoms with van der Waals surface area (Å²) in [7, 11) is 0. The van der Waals surface area contributed by atoms with Gasteiger partial charge in [0, 0.05) is 24.7 Å². The molecule has 2 aromatic carbocycles. The summed E-state index contributed by atoms with van der Waals surface area (Å²) < 4.78 is 1.74. The first-order valence-corrected chi connectivity index (χ1v) is 10.0. The second-order valence-corrected chi connectivity index (χ2v) is 7.83. The summed E-state index contributed by atoms with van der Waals surface area (Å²) in [6.07, 6.45) is 2.27. The average Bonchev–Trinajstić information content (AvgIpc) is 3.37. The Kier molecular flexibility index (Phi) is 5.87. The van der Waals surface area contributed by atoms with E-state index in [4.69, 9.17) is 11.6 Å². The van der Waals surface area contributed by atoms with Crippen molar-refractivity contribution in [3.05, 3.63) is 76.6 Å². The smallest absolute Gasteiger partial charge is 0.237 e. The van der Waals surface area contributed by atoms with Gasteiger partial charge in [0.2, 0.25) is 5.91 Å². The van der Waals surface area contributed by atoms with E-state index in [9.17, 15) is 4.79 Å². The van der Waals surface area contributed by atoms with Crippen molar-refractivity contribution in [2.24, 2.45) is 0 Å². The lowest BCUT2D eigenvalue weighted by Gasteiger charge is -2.23. The van der Waals surface area contributed by atoms with Gasteiger partial charge in [-0.25, -0.2) is 4.68 Å². The third kappa shape index (κ3) is 4.63. The Morgan fingerprint density at radius 1 is 1.24 bits per heavy atom. The van der Waals surface area contributed by atoms with Crippen molar-refractivity contribution in [2.75, 3.05) is 6.54 Å². The maximum Gasteiger partial charge on any atom is 0.237 e. The maximum absolute atomic E-state index is 13.1. The first kappa shape index (κ1) is 19.5. The van der Waals surface area contributed by atoms with Gasteiger partial charge in [-0.1, -0.05) is 59.6 Å². The normalized spacial score (nSPS) is 19.4. The molecule has 1 amide bonds. The van der Waals surface area contributed by atoms with Gasteiger partial charge < -0.3 is 5.32 Å². The number of likely N-dealkylation sites (tertiary alicyclic amines) is 1. The van der Waals surface area contributed by atoms with Crippen molar-refractivity contribution >= 4 is 17.5 Å². The molecule has 7 nitrogen and oxygen atoms in total. The topological polar surface area (TPSA) is 75.9 Å². The Labute approximate surface area is 174 Å². The molecule has 2 atom stereocenters. The van der Waals surface area contributed by atoms with Gasteiger partial charge in [0.1, 0.15) is 6.33 Å². The number of benzene rings is 2. The van der Waals surface area contributed by atoms with E-state index in [-0.39, 0.29) is 18.0 Å². The van der Waals surface area contributed by atoms with Gasteiger partial charge in [-0.15, -0.1) is 5.10 Å². The maximum atomic E-state index is 13.1. The molecule has 1 aliphatic rings. The van der Waals surface area contributed by atoms with E-state index in [1.165, 1.54) is 11.1 Å². The fourth-order valence-electron chi connectivity index (χ4n) is 3.84. The highest BCUT2D eigenvalue weighted by Crippen LogP contribution is 2.28. The van der Waals surface area contributed by atoms with Gasteiger partial charge in [-0.05, 0) is 41.0 Å². The minimum absolute atomic E-state index is 0.00635. The van der Waals surface area contributed by atoms with E-state index in [1.807, 2.05) is 30.3 Å². The van der Waals surface area contributed by atoms with Crippen LogP contribution in [0.15, 0.2) is 54.9 Å². The number of rotatable bonds is 6. The zero-order chi connectivity index (χ0) is 20.2. The molecule has 150 valence electrons. The molecular weight excluding hydrogens is 388 g/mol. The van der Waals surface area contributed by atoms with Crippen LogP contribution in [0.3, 0.4) is 0 Å². The molecule has 0 bridgehead atoms. The monoisotopic (exact) mass is 410 g/mol. The molecule has 0 aliphatic carbocycles. The number of aryl methyl sites for hydroxylation is 1. The average molecular weight is 411 g/mol. The van der Waals surface area contributed by atoms with Crippen molar-refractivity contribution in [1.82, 2.24) is 30.4 Å². The number of amides is 1. The third-order valence-corrected chi connectivity index (χ3v) is 5.67. The van der Waals surface area contributed by atoms with Crippen LogP contribution in [0.4, 0.5) is 0 Å². The number of nitrogens with one attached hydrogen (secondary N) is 1. The molecule has 1 fully saturated rings. The Balaban J connectivity index is 1.49. The van der Waals surface area contributed by atoms with Gasteiger partial charge in [0.15, 0.2) is 0 Å². The van der Waals surface area contributed by atoms with E-state index >= 15 is 0 Å². The molecule has 3 aromatic rings. The van der Waals surface area contributed by atoms with Crippen molar-refractivity contribution in [3.63, 3.8) is 0 Å². The van der Waals surface area contributed by atoms with Crippen molar-refractivity contribution in [3.8, 4) is 0 Å². The summed E-state index contributed by atoms with van der Waals surface area (Å²) in [4.78, 5) is 15.3. The Morgan fingerprint density at radius 2 is 2.10 bits per heavy atom. The highest BCUT2D eigenvalue weighted by molar-refractivity contribution is 6.31. The second-order valence-electron chi connectivity index (χ2n) is 7.42. The predicted molar refractivity (Wildman–Crippen MR) is 110 cm³/mol. The zero-order valence-corrected chi connectivity index (χ0v) is 17.0. The Morgan fingerprint density at radius 3 is 2.86 bits per heavy atom. The van der Waals surface area contributed by atoms with Crippen LogP contribution in [0.2, 0.25) is 5.02 Å². The molecule has 8 heteroatoms. The number of aromatic nitrogens is 4. The molecule has 1 aliphatic heterocycles. The third-order valence-electron chi connectivity index (χ3n) is 5.30. The molecule has 1 saturated heterocycles. The van der Waals surface area contributed by atoms with Crippen LogP contribution in [0.1, 0.15) is 29.2 Å². The lowest BCUT2D eigenvalue weighted by Crippen LogP contribution is -2.42. The first-order valence-electron chi connectivity index (χ1n) is 9.63. The van der Waals surface area contributed by atoms with E-state index in [1.54, 1.807) is 11.0 Å². The fourth-order valence-corrected chi connectivity index (χ4v) is 4.04. The minimum atomic E-state index is -0.257. The van der Waals surface area contributed by atoms with Gasteiger partial charge in [0.05, 0.1) is 12.1 Å². The first-order chi connectivity index (χ1) is 14.1. The van der Waals surface area contributed by atoms with E-state index < -0.39 is 0 Å². The number of hydrogen-bond acceptors (Lipinski definition) is 5. The molecule has 29 heavy (non-hydrogen) atoms. The van der Waals surface area contributed by atoms with Crippen LogP contribution in [-0.2, 0) is 17.9 Å². The van der Waals surface area contributed by atoms with Crippen LogP contribution in [0.25, 0.3) is 0 Å². The van der Waals surface area contributed by atoms with Gasteiger partial charge >= 0.3 is 0 Å². The summed E-state index contributed by atoms with van der Waals surface area (Å²) in [6, 6.07) is 15.7. The lowest BCUT2D eigenvalue weighted by atomic mass is 10.1. The number of halogens is 1. The molecule has 0 unspecified atom stereocenters. The quantitative estimate of drug-likeness (QED) is 0.676. The highest BCUT2D eigenvalue weighted by atomic mass is 35.5. The van der Waals surface area contributed by atoms with E-state index in [0.29, 0.717) is 31.1 Å². The van der Waals surface area contributed by atoms with Gasteiger partial charge in [-0.2, -0.15) is 0 Å². The predicted octanol–water partition coefficient (Wildman–Crippen LogP) is 2.77. The summed E-state index contributed by atoms with van der Waals surface area (Å²) in [5.41, 5.74) is 3.30. The summed E-state index contributed by atoms with van der Waals surface area (Å²) in [5, 5.41) is 15.2. The van der Waals surface area contributed by atoms with Crippen molar-refractivity contribution < 1.29 is 4.79 Å². The molecule has 1 N–H and O–H groups in total. The molecule has 0 radical (unpaired) electrons. The zero-order valence-electron chi connectivity index (χ0n) is 16.2. The summed E-state index contributed by atoms with van der Waals surface area (Å²) in [5.74, 6) is -0.00635. The van der Waals surface area contributed by atoms with Crippen LogP contribution >= 0.6 is 11.6 Å². The van der Waals surface area contributed by atoms with Crippen LogP contribution in [0, 0.1) is 6.92 Å². The van der Waals surface area contributed by atoms with Crippen LogP contribution < -0.4 is 5.32 Å². The molecule has 4 rings (SSSR count). The number of carbonyl (C=O) groups is 1. The van der Waals surface area contributed by atoms with Gasteiger partial charge in [0.25, 0.3) is 0 Å². The molecule has 0 spiro atoms. The van der Waals surface area contributed by atoms with Crippen LogP contribution in [0.5, 0.6) is 0 Å². The standard InChI is InChI=1S/C21H23ClN6O/c1-15-5-4-6-16(9-15)12-27-13-18(28-14-24-25-26-28)10-20(27)21(29)23-11-17-7-2-3-8-19(17)22/h2-9,14,18,20H,10-13H2,1H3,(H,23,29)/t18-,20+/m1/s1. The van der Waals surface area contributed by atoms with E-state index in [0.717, 1.165) is 5.56 Å². The molecular formula is C21H23ClN6O. The Bertz CT molecular complexity index is 977. The summed E-state index contributed by atoms with van der Waals surface area (Å²) >= 11 is 6.22. The highest BCUT2D eigenvalue weighted by Gasteiger charge is 2.38. The van der Waals surface area contributed by atoms with Crippen LogP contribution in [-0.4, -0.2) is 43.6 Å². The number of hydrogen-bond donors (Lipinski definition) is 1. The molecule has 2 heterocycles. The van der Waals surface area contributed by atoms with Crippen molar-refractivity contribution in [1.29, 1.82) is 0 Å². The largest absolute Gasteiger partial charge is 0.351 e. The van der Waals surface area contributed by atoms with Gasteiger partial charge in [-0.3, -0.25) is 9.69 Å². The molecule has 1 aromatic heterocycles. The number of carbonyl (C=O) groups excluding carboxylic acids is 1. The number of nitrogens with zero attached hydrogens (tertiary/aromatic N) is 5. The Hall–Kier alpha value is -2.77.